The van der Waals surface area contributed by atoms with Gasteiger partial charge in [0.1, 0.15) is 5.75 Å². The topological polar surface area (TPSA) is 81.1 Å². The van der Waals surface area contributed by atoms with Crippen molar-refractivity contribution in [1.82, 2.24) is 0 Å². The Balaban J connectivity index is 1.94. The fourth-order valence-corrected chi connectivity index (χ4v) is 3.75. The average Bonchev–Trinajstić information content (AvgIpc) is 2.68. The third-order valence-corrected chi connectivity index (χ3v) is 5.14. The monoisotopic (exact) mass is 396 g/mol. The van der Waals surface area contributed by atoms with Gasteiger partial charge in [0, 0.05) is 46.2 Å². The van der Waals surface area contributed by atoms with Crippen molar-refractivity contribution in [2.45, 2.75) is 0 Å². The van der Waals surface area contributed by atoms with Crippen molar-refractivity contribution < 1.29 is 19.8 Å². The second-order valence-electron chi connectivity index (χ2n) is 6.58. The number of phenols is 1. The Bertz CT molecular complexity index is 1110. The van der Waals surface area contributed by atoms with Gasteiger partial charge in [0.05, 0.1) is 12.3 Å². The van der Waals surface area contributed by atoms with Gasteiger partial charge in [-0.25, -0.2) is 4.90 Å². The second-order valence-corrected chi connectivity index (χ2v) is 7.02. The highest BCUT2D eigenvalue weighted by Gasteiger charge is 2.36. The number of benzene rings is 3. The molecule has 0 saturated heterocycles. The first-order chi connectivity index (χ1) is 13.4. The minimum atomic E-state index is -0.525. The number of halogens is 1. The standard InChI is InChI=1S/C21H17ClN2O4/c1-23(9-10-25)16-7-6-15-19-13(16)3-2-4-14(19)20(27)24(21(15)28)17-11-12(22)5-8-18(17)26/h2-8,11,25-26H,9-10H2,1H3. The van der Waals surface area contributed by atoms with Gasteiger partial charge in [-0.3, -0.25) is 9.59 Å². The molecule has 0 bridgehead atoms. The summed E-state index contributed by atoms with van der Waals surface area (Å²) < 4.78 is 0. The number of rotatable bonds is 4. The first-order valence-electron chi connectivity index (χ1n) is 8.69. The molecular weight excluding hydrogens is 380 g/mol. The zero-order valence-corrected chi connectivity index (χ0v) is 15.8. The van der Waals surface area contributed by atoms with Crippen molar-refractivity contribution >= 4 is 45.6 Å². The summed E-state index contributed by atoms with van der Waals surface area (Å²) in [5.41, 5.74) is 1.59. The molecule has 1 heterocycles. The molecule has 0 atom stereocenters. The Kier molecular flexibility index (Phi) is 4.45. The number of phenolic OH excluding ortho intramolecular Hbond substituents is 1. The number of anilines is 2. The highest BCUT2D eigenvalue weighted by molar-refractivity contribution is 6.37. The quantitative estimate of drug-likeness (QED) is 0.660. The molecule has 1 aliphatic rings. The predicted molar refractivity (Wildman–Crippen MR) is 109 cm³/mol. The number of hydrogen-bond donors (Lipinski definition) is 2. The number of hydrogen-bond acceptors (Lipinski definition) is 5. The summed E-state index contributed by atoms with van der Waals surface area (Å²) in [5.74, 6) is -1.26. The molecule has 0 fully saturated rings. The number of aromatic hydroxyl groups is 1. The highest BCUT2D eigenvalue weighted by Crippen LogP contribution is 2.39. The van der Waals surface area contributed by atoms with E-state index in [4.69, 9.17) is 11.6 Å². The number of carbonyl (C=O) groups is 2. The van der Waals surface area contributed by atoms with Crippen LogP contribution in [0.2, 0.25) is 5.02 Å². The van der Waals surface area contributed by atoms with Crippen LogP contribution in [0.15, 0.2) is 48.5 Å². The number of nitrogens with zero attached hydrogens (tertiary/aromatic N) is 2. The van der Waals surface area contributed by atoms with E-state index in [0.717, 1.165) is 16.0 Å². The first kappa shape index (κ1) is 18.3. The van der Waals surface area contributed by atoms with Crippen molar-refractivity contribution in [1.29, 1.82) is 0 Å². The molecule has 7 heteroatoms. The Morgan fingerprint density at radius 1 is 1.04 bits per heavy atom. The van der Waals surface area contributed by atoms with Gasteiger partial charge in [-0.1, -0.05) is 23.7 Å². The van der Waals surface area contributed by atoms with E-state index in [2.05, 4.69) is 0 Å². The molecule has 0 radical (unpaired) electrons. The van der Waals surface area contributed by atoms with E-state index in [9.17, 15) is 19.8 Å². The lowest BCUT2D eigenvalue weighted by atomic mass is 9.92. The largest absolute Gasteiger partial charge is 0.506 e. The second kappa shape index (κ2) is 6.82. The van der Waals surface area contributed by atoms with Gasteiger partial charge in [0.15, 0.2) is 0 Å². The van der Waals surface area contributed by atoms with Crippen LogP contribution in [0.3, 0.4) is 0 Å². The Morgan fingerprint density at radius 3 is 2.46 bits per heavy atom. The molecule has 28 heavy (non-hydrogen) atoms. The molecule has 6 nitrogen and oxygen atoms in total. The third kappa shape index (κ3) is 2.69. The van der Waals surface area contributed by atoms with Crippen LogP contribution < -0.4 is 9.80 Å². The summed E-state index contributed by atoms with van der Waals surface area (Å²) in [6, 6.07) is 12.9. The van der Waals surface area contributed by atoms with Gasteiger partial charge in [0.25, 0.3) is 11.8 Å². The number of imide groups is 1. The van der Waals surface area contributed by atoms with Crippen LogP contribution in [0, 0.1) is 0 Å². The van der Waals surface area contributed by atoms with Crippen LogP contribution in [-0.4, -0.2) is 42.2 Å². The van der Waals surface area contributed by atoms with Crippen molar-refractivity contribution in [3.8, 4) is 5.75 Å². The van der Waals surface area contributed by atoms with Crippen LogP contribution in [0.1, 0.15) is 20.7 Å². The molecule has 0 unspecified atom stereocenters. The lowest BCUT2D eigenvalue weighted by Gasteiger charge is -2.29. The van der Waals surface area contributed by atoms with Crippen molar-refractivity contribution in [2.75, 3.05) is 30.0 Å². The van der Waals surface area contributed by atoms with Crippen LogP contribution in [0.5, 0.6) is 5.75 Å². The summed E-state index contributed by atoms with van der Waals surface area (Å²) in [7, 11) is 1.84. The Labute approximate surface area is 166 Å². The van der Waals surface area contributed by atoms with E-state index in [1.165, 1.54) is 18.2 Å². The molecule has 0 spiro atoms. The fourth-order valence-electron chi connectivity index (χ4n) is 3.58. The lowest BCUT2D eigenvalue weighted by molar-refractivity contribution is 0.0892. The van der Waals surface area contributed by atoms with Gasteiger partial charge < -0.3 is 15.1 Å². The van der Waals surface area contributed by atoms with Gasteiger partial charge in [0.2, 0.25) is 0 Å². The van der Waals surface area contributed by atoms with Gasteiger partial charge >= 0.3 is 0 Å². The number of amides is 2. The molecule has 0 aromatic heterocycles. The maximum atomic E-state index is 13.2. The van der Waals surface area contributed by atoms with E-state index < -0.39 is 11.8 Å². The zero-order chi connectivity index (χ0) is 20.0. The van der Waals surface area contributed by atoms with E-state index in [0.29, 0.717) is 28.1 Å². The van der Waals surface area contributed by atoms with Crippen LogP contribution in [0.4, 0.5) is 11.4 Å². The zero-order valence-electron chi connectivity index (χ0n) is 15.0. The molecule has 1 aliphatic heterocycles. The molecule has 0 saturated carbocycles. The molecule has 0 aliphatic carbocycles. The molecular formula is C21H17ClN2O4. The summed E-state index contributed by atoms with van der Waals surface area (Å²) in [5, 5.41) is 21.1. The van der Waals surface area contributed by atoms with Crippen LogP contribution >= 0.6 is 11.6 Å². The molecule has 3 aromatic rings. The SMILES string of the molecule is CN(CCO)c1ccc2c3c(cccc13)C(=O)N(c1cc(Cl)ccc1O)C2=O. The molecule has 3 aromatic carbocycles. The van der Waals surface area contributed by atoms with Crippen LogP contribution in [0.25, 0.3) is 10.8 Å². The van der Waals surface area contributed by atoms with Crippen molar-refractivity contribution in [3.05, 3.63) is 64.7 Å². The number of carbonyl (C=O) groups excluding carboxylic acids is 2. The number of aliphatic hydroxyl groups is 1. The summed E-state index contributed by atoms with van der Waals surface area (Å²) in [6.07, 6.45) is 0. The Hall–Kier alpha value is -3.09. The number of aliphatic hydroxyl groups excluding tert-OH is 1. The smallest absolute Gasteiger partial charge is 0.266 e. The fraction of sp³-hybridized carbons (Fsp3) is 0.143. The Morgan fingerprint density at radius 2 is 1.75 bits per heavy atom. The molecule has 4 rings (SSSR count). The van der Waals surface area contributed by atoms with Crippen LogP contribution in [-0.2, 0) is 0 Å². The van der Waals surface area contributed by atoms with Crippen molar-refractivity contribution in [3.63, 3.8) is 0 Å². The maximum Gasteiger partial charge on any atom is 0.266 e. The van der Waals surface area contributed by atoms with E-state index in [1.807, 2.05) is 18.0 Å². The maximum absolute atomic E-state index is 13.2. The predicted octanol–water partition coefficient (Wildman–Crippen LogP) is 3.43. The minimum absolute atomic E-state index is 0.0148. The normalized spacial score (nSPS) is 13.3. The van der Waals surface area contributed by atoms with E-state index in [1.54, 1.807) is 24.3 Å². The summed E-state index contributed by atoms with van der Waals surface area (Å²) >= 11 is 6.01. The molecule has 142 valence electrons. The minimum Gasteiger partial charge on any atom is -0.506 e. The van der Waals surface area contributed by atoms with Gasteiger partial charge in [-0.15, -0.1) is 0 Å². The molecule has 2 amide bonds. The first-order valence-corrected chi connectivity index (χ1v) is 9.07. The highest BCUT2D eigenvalue weighted by atomic mass is 35.5. The average molecular weight is 397 g/mol. The summed E-state index contributed by atoms with van der Waals surface area (Å²) in [6.45, 7) is 0.405. The van der Waals surface area contributed by atoms with Crippen molar-refractivity contribution in [2.24, 2.45) is 0 Å². The van der Waals surface area contributed by atoms with Gasteiger partial charge in [-0.2, -0.15) is 0 Å². The molecule has 2 N–H and O–H groups in total. The van der Waals surface area contributed by atoms with Gasteiger partial charge in [-0.05, 0) is 36.4 Å². The lowest BCUT2D eigenvalue weighted by Crippen LogP contribution is -2.40. The number of likely N-dealkylation sites (N-methyl/N-ethyl adjacent to an activating group) is 1. The summed E-state index contributed by atoms with van der Waals surface area (Å²) in [4.78, 5) is 29.2. The van der Waals surface area contributed by atoms with E-state index in [-0.39, 0.29) is 18.0 Å². The van der Waals surface area contributed by atoms with E-state index >= 15 is 0 Å². The third-order valence-electron chi connectivity index (χ3n) is 4.91.